The van der Waals surface area contributed by atoms with Crippen molar-refractivity contribution in [2.75, 3.05) is 25.1 Å². The van der Waals surface area contributed by atoms with Crippen LogP contribution in [0.25, 0.3) is 10.2 Å². The maximum absolute atomic E-state index is 12.5. The highest BCUT2D eigenvalue weighted by atomic mass is 32.2. The van der Waals surface area contributed by atoms with Crippen molar-refractivity contribution in [3.8, 4) is 0 Å². The minimum Gasteiger partial charge on any atom is -0.309 e. The van der Waals surface area contributed by atoms with Crippen molar-refractivity contribution in [2.24, 2.45) is 0 Å². The zero-order chi connectivity index (χ0) is 18.5. The van der Waals surface area contributed by atoms with E-state index in [0.717, 1.165) is 16.0 Å². The molecule has 0 aliphatic rings. The highest BCUT2D eigenvalue weighted by molar-refractivity contribution is 7.93. The monoisotopic (exact) mass is 403 g/mol. The molecule has 0 bridgehead atoms. The lowest BCUT2D eigenvalue weighted by Gasteiger charge is -2.17. The Morgan fingerprint density at radius 3 is 2.48 bits per heavy atom. The summed E-state index contributed by atoms with van der Waals surface area (Å²) in [5.41, 5.74) is 1.32. The van der Waals surface area contributed by atoms with Crippen LogP contribution in [-0.2, 0) is 23.4 Å². The number of sulfone groups is 1. The van der Waals surface area contributed by atoms with Gasteiger partial charge in [0.15, 0.2) is 0 Å². The van der Waals surface area contributed by atoms with E-state index in [0.29, 0.717) is 11.1 Å². The van der Waals surface area contributed by atoms with Crippen LogP contribution in [0.3, 0.4) is 0 Å². The Balaban J connectivity index is 2.14. The van der Waals surface area contributed by atoms with Gasteiger partial charge in [-0.25, -0.2) is 13.4 Å². The first-order valence-electron chi connectivity index (χ1n) is 7.91. The van der Waals surface area contributed by atoms with E-state index in [4.69, 9.17) is 9.05 Å². The molecule has 0 unspecified atom stereocenters. The molecule has 25 heavy (non-hydrogen) atoms. The lowest BCUT2D eigenvalue weighted by molar-refractivity contribution is 0.222. The molecule has 2 rings (SSSR count). The predicted molar refractivity (Wildman–Crippen MR) is 101 cm³/mol. The number of benzene rings is 1. The molecule has 2 aromatic rings. The van der Waals surface area contributed by atoms with Crippen molar-refractivity contribution >= 4 is 39.0 Å². The van der Waals surface area contributed by atoms with Crippen molar-refractivity contribution in [1.82, 2.24) is 4.98 Å². The molecule has 0 aliphatic carbocycles. The summed E-state index contributed by atoms with van der Waals surface area (Å²) in [6.07, 6.45) is 1.62. The molecule has 0 amide bonds. The molecule has 0 saturated heterocycles. The zero-order valence-electron chi connectivity index (χ0n) is 14.5. The van der Waals surface area contributed by atoms with Gasteiger partial charge in [0.25, 0.3) is 0 Å². The van der Waals surface area contributed by atoms with Gasteiger partial charge in [-0.05, 0) is 32.9 Å². The van der Waals surface area contributed by atoms with Gasteiger partial charge in [0.2, 0.25) is 14.2 Å². The molecule has 0 N–H and O–H groups in total. The maximum Gasteiger partial charge on any atom is 0.334 e. The number of hydrogen-bond donors (Lipinski definition) is 0. The first-order chi connectivity index (χ1) is 11.8. The quantitative estimate of drug-likeness (QED) is 0.459. The lowest BCUT2D eigenvalue weighted by atomic mass is 10.3. The summed E-state index contributed by atoms with van der Waals surface area (Å²) in [7, 11) is -6.77. The van der Waals surface area contributed by atoms with E-state index in [1.165, 1.54) is 0 Å². The Bertz CT molecular complexity index is 861. The number of nitrogens with zero attached hydrogens (tertiary/aromatic N) is 1. The second-order valence-electron chi connectivity index (χ2n) is 5.38. The molecule has 0 radical (unpaired) electrons. The largest absolute Gasteiger partial charge is 0.334 e. The predicted octanol–water partition coefficient (Wildman–Crippen LogP) is 4.28. The molecule has 0 atom stereocenters. The molecular formula is C16H22NO5PS2. The summed E-state index contributed by atoms with van der Waals surface area (Å²) < 4.78 is 48.9. The third kappa shape index (κ3) is 5.46. The number of fused-ring (bicyclic) bond motifs is 1. The van der Waals surface area contributed by atoms with Crippen molar-refractivity contribution in [2.45, 2.75) is 25.1 Å². The fourth-order valence-corrected chi connectivity index (χ4v) is 6.55. The van der Waals surface area contributed by atoms with Crippen LogP contribution in [0.2, 0.25) is 0 Å². The Morgan fingerprint density at radius 1 is 1.24 bits per heavy atom. The van der Waals surface area contributed by atoms with Crippen molar-refractivity contribution in [3.63, 3.8) is 0 Å². The van der Waals surface area contributed by atoms with Crippen molar-refractivity contribution < 1.29 is 22.0 Å². The number of thiazole rings is 1. The molecule has 138 valence electrons. The minimum absolute atomic E-state index is 0.0735. The van der Waals surface area contributed by atoms with Crippen molar-refractivity contribution in [1.29, 1.82) is 0 Å². The summed E-state index contributed by atoms with van der Waals surface area (Å²) in [6.45, 7) is 5.74. The second-order valence-corrected chi connectivity index (χ2v) is 10.7. The lowest BCUT2D eigenvalue weighted by Crippen LogP contribution is -2.06. The summed E-state index contributed by atoms with van der Waals surface area (Å²) in [5.74, 6) is -0.198. The number of rotatable bonds is 9. The highest BCUT2D eigenvalue weighted by Crippen LogP contribution is 2.49. The van der Waals surface area contributed by atoms with Gasteiger partial charge in [-0.3, -0.25) is 4.57 Å². The normalized spacial score (nSPS) is 13.5. The van der Waals surface area contributed by atoms with E-state index in [1.807, 2.05) is 18.2 Å². The highest BCUT2D eigenvalue weighted by Gasteiger charge is 2.24. The molecule has 6 nitrogen and oxygen atoms in total. The van der Waals surface area contributed by atoms with Crippen LogP contribution in [0.5, 0.6) is 0 Å². The van der Waals surface area contributed by atoms with Gasteiger partial charge in [-0.2, -0.15) is 0 Å². The molecule has 0 aliphatic heterocycles. The van der Waals surface area contributed by atoms with Crippen LogP contribution >= 0.6 is 18.9 Å². The molecule has 0 saturated carbocycles. The van der Waals surface area contributed by atoms with E-state index >= 15 is 0 Å². The van der Waals surface area contributed by atoms with E-state index in [9.17, 15) is 13.0 Å². The average molecular weight is 403 g/mol. The molecule has 9 heteroatoms. The third-order valence-electron chi connectivity index (χ3n) is 3.29. The van der Waals surface area contributed by atoms with Gasteiger partial charge in [0.1, 0.15) is 0 Å². The molecule has 1 aromatic heterocycles. The Hall–Kier alpha value is -1.05. The van der Waals surface area contributed by atoms with Crippen LogP contribution < -0.4 is 0 Å². The number of para-hydroxylation sites is 1. The van der Waals surface area contributed by atoms with Crippen LogP contribution in [0.15, 0.2) is 40.3 Å². The summed E-state index contributed by atoms with van der Waals surface area (Å²) >= 11 is 1.15. The van der Waals surface area contributed by atoms with Gasteiger partial charge in [0, 0.05) is 0 Å². The minimum atomic E-state index is -3.54. The third-order valence-corrected chi connectivity index (χ3v) is 8.55. The van der Waals surface area contributed by atoms with Gasteiger partial charge in [0.05, 0.1) is 35.3 Å². The number of aromatic nitrogens is 1. The Morgan fingerprint density at radius 2 is 1.88 bits per heavy atom. The van der Waals surface area contributed by atoms with Crippen LogP contribution in [0.1, 0.15) is 20.8 Å². The van der Waals surface area contributed by atoms with Crippen LogP contribution in [-0.4, -0.2) is 38.5 Å². The van der Waals surface area contributed by atoms with Crippen LogP contribution in [0.4, 0.5) is 0 Å². The Labute approximate surface area is 152 Å². The van der Waals surface area contributed by atoms with Gasteiger partial charge in [-0.1, -0.05) is 23.8 Å². The van der Waals surface area contributed by atoms with Crippen molar-refractivity contribution in [3.05, 3.63) is 35.9 Å². The maximum atomic E-state index is 12.5. The molecule has 1 aromatic carbocycles. The average Bonchev–Trinajstić information content (AvgIpc) is 2.98. The fourth-order valence-electron chi connectivity index (χ4n) is 2.20. The molecule has 1 heterocycles. The summed E-state index contributed by atoms with van der Waals surface area (Å²) in [4.78, 5) is 4.19. The molecule has 0 fully saturated rings. The standard InChI is InChI=1S/C16H22NO5PS2/c1-4-21-23(18,22-5-2)12-13(3)10-11-25(19,20)16-17-14-8-6-7-9-15(14)24-16/h6-10H,4-5,11-12H2,1-3H3. The second kappa shape index (κ2) is 8.56. The summed E-state index contributed by atoms with van der Waals surface area (Å²) in [5, 5.41) is 0. The van der Waals surface area contributed by atoms with Gasteiger partial charge < -0.3 is 9.05 Å². The van der Waals surface area contributed by atoms with Gasteiger partial charge in [-0.15, -0.1) is 11.3 Å². The van der Waals surface area contributed by atoms with E-state index in [-0.39, 0.29) is 29.5 Å². The zero-order valence-corrected chi connectivity index (χ0v) is 17.0. The molecule has 0 spiro atoms. The smallest absolute Gasteiger partial charge is 0.309 e. The molecular weight excluding hydrogens is 381 g/mol. The van der Waals surface area contributed by atoms with Gasteiger partial charge >= 0.3 is 7.60 Å². The number of allylic oxidation sites excluding steroid dienone is 1. The van der Waals surface area contributed by atoms with E-state index in [2.05, 4.69) is 4.98 Å². The fraction of sp³-hybridized carbons (Fsp3) is 0.438. The summed E-state index contributed by atoms with van der Waals surface area (Å²) in [6, 6.07) is 7.29. The van der Waals surface area contributed by atoms with Crippen LogP contribution in [0, 0.1) is 0 Å². The first kappa shape index (κ1) is 20.3. The van der Waals surface area contributed by atoms with E-state index < -0.39 is 17.4 Å². The topological polar surface area (TPSA) is 82.6 Å². The number of hydrogen-bond acceptors (Lipinski definition) is 7. The Kier molecular flexibility index (Phi) is 6.93. The van der Waals surface area contributed by atoms with E-state index in [1.54, 1.807) is 32.9 Å². The SMILES string of the molecule is CCOP(=O)(CC(C)=CCS(=O)(=O)c1nc2ccccc2s1)OCC. The first-order valence-corrected chi connectivity index (χ1v) is 12.1.